The predicted octanol–water partition coefficient (Wildman–Crippen LogP) is 5.45. The molecule has 2 aromatic carbocycles. The molecule has 0 saturated heterocycles. The molecule has 2 rings (SSSR count). The van der Waals surface area contributed by atoms with Crippen molar-refractivity contribution in [2.75, 3.05) is 14.2 Å². The molecule has 0 unspecified atom stereocenters. The molecule has 36 heavy (non-hydrogen) atoms. The number of carbonyl (C=O) groups is 2. The smallest absolute Gasteiger partial charge is 0.305 e. The van der Waals surface area contributed by atoms with Crippen LogP contribution in [0.4, 0.5) is 0 Å². The summed E-state index contributed by atoms with van der Waals surface area (Å²) < 4.78 is 9.65. The lowest BCUT2D eigenvalue weighted by Crippen LogP contribution is -2.31. The van der Waals surface area contributed by atoms with Gasteiger partial charge in [-0.3, -0.25) is 9.59 Å². The summed E-state index contributed by atoms with van der Waals surface area (Å²) in [5, 5.41) is 1.96. The standard InChI is InChI=1S/C30H43O5P/c1-19-15-21(11-13-25(31)34-9)17-23(29(3,4)5)27(19)36(33)28-20(2)16-22(12-14-26(32)35-10)18-24(28)30(6,7)8/h15-18,33H,11-14H2,1-10H3. The second-order valence-corrected chi connectivity index (χ2v) is 13.1. The molecule has 0 spiro atoms. The van der Waals surface area contributed by atoms with Crippen LogP contribution in [0.1, 0.15) is 87.8 Å². The molecule has 0 heterocycles. The first-order valence-electron chi connectivity index (χ1n) is 12.5. The van der Waals surface area contributed by atoms with Gasteiger partial charge in [0.05, 0.1) is 22.4 Å². The van der Waals surface area contributed by atoms with Gasteiger partial charge < -0.3 is 14.4 Å². The largest absolute Gasteiger partial charge is 0.469 e. The van der Waals surface area contributed by atoms with Gasteiger partial charge in [0, 0.05) is 23.5 Å². The molecule has 0 radical (unpaired) electrons. The van der Waals surface area contributed by atoms with Crippen LogP contribution >= 0.6 is 8.15 Å². The number of ether oxygens (including phenoxy) is 2. The van der Waals surface area contributed by atoms with Crippen molar-refractivity contribution >= 4 is 30.7 Å². The van der Waals surface area contributed by atoms with E-state index >= 15 is 0 Å². The zero-order valence-electron chi connectivity index (χ0n) is 23.7. The molecule has 0 atom stereocenters. The van der Waals surface area contributed by atoms with E-state index < -0.39 is 8.15 Å². The summed E-state index contributed by atoms with van der Waals surface area (Å²) in [4.78, 5) is 35.5. The fourth-order valence-electron chi connectivity index (χ4n) is 4.51. The molecule has 0 amide bonds. The van der Waals surface area contributed by atoms with Crippen molar-refractivity contribution in [3.05, 3.63) is 57.6 Å². The van der Waals surface area contributed by atoms with Gasteiger partial charge in [0.25, 0.3) is 0 Å². The number of benzene rings is 2. The number of carbonyl (C=O) groups excluding carboxylic acids is 2. The van der Waals surface area contributed by atoms with Gasteiger partial charge in [-0.05, 0) is 70.9 Å². The topological polar surface area (TPSA) is 72.8 Å². The van der Waals surface area contributed by atoms with E-state index in [1.807, 2.05) is 0 Å². The quantitative estimate of drug-likeness (QED) is 0.375. The number of esters is 2. The maximum absolute atomic E-state index is 12.1. The third kappa shape index (κ3) is 7.40. The number of aryl methyl sites for hydroxylation is 4. The van der Waals surface area contributed by atoms with E-state index in [1.165, 1.54) is 14.2 Å². The summed E-state index contributed by atoms with van der Waals surface area (Å²) in [5.41, 5.74) is 6.02. The number of methoxy groups -OCH3 is 2. The molecule has 0 aliphatic carbocycles. The molecule has 0 saturated carbocycles. The monoisotopic (exact) mass is 514 g/mol. The minimum Gasteiger partial charge on any atom is -0.469 e. The summed E-state index contributed by atoms with van der Waals surface area (Å²) >= 11 is 0. The highest BCUT2D eigenvalue weighted by Gasteiger charge is 2.31. The molecule has 5 nitrogen and oxygen atoms in total. The molecule has 198 valence electrons. The van der Waals surface area contributed by atoms with Crippen LogP contribution in [0.5, 0.6) is 0 Å². The van der Waals surface area contributed by atoms with Crippen LogP contribution in [0.2, 0.25) is 0 Å². The van der Waals surface area contributed by atoms with Crippen LogP contribution in [0.15, 0.2) is 24.3 Å². The predicted molar refractivity (Wildman–Crippen MR) is 149 cm³/mol. The molecule has 0 bridgehead atoms. The molecule has 0 aliphatic heterocycles. The van der Waals surface area contributed by atoms with Gasteiger partial charge in [0.1, 0.15) is 0 Å². The molecule has 0 aliphatic rings. The number of hydrogen-bond acceptors (Lipinski definition) is 5. The minimum atomic E-state index is -1.64. The van der Waals surface area contributed by atoms with Crippen molar-refractivity contribution < 1.29 is 24.0 Å². The Hall–Kier alpha value is -2.23. The zero-order chi connectivity index (χ0) is 27.4. The Morgan fingerprint density at radius 2 is 1.06 bits per heavy atom. The lowest BCUT2D eigenvalue weighted by Gasteiger charge is -2.32. The lowest BCUT2D eigenvalue weighted by atomic mass is 9.84. The summed E-state index contributed by atoms with van der Waals surface area (Å²) in [6.07, 6.45) is 1.85. The van der Waals surface area contributed by atoms with Crippen molar-refractivity contribution in [1.82, 2.24) is 0 Å². The highest BCUT2D eigenvalue weighted by Crippen LogP contribution is 2.41. The Kier molecular flexibility index (Phi) is 9.90. The maximum Gasteiger partial charge on any atom is 0.305 e. The zero-order valence-corrected chi connectivity index (χ0v) is 24.6. The Labute approximate surface area is 218 Å². The summed E-state index contributed by atoms with van der Waals surface area (Å²) in [6, 6.07) is 8.48. The first-order chi connectivity index (χ1) is 16.6. The third-order valence-electron chi connectivity index (χ3n) is 6.45. The second-order valence-electron chi connectivity index (χ2n) is 11.6. The highest BCUT2D eigenvalue weighted by atomic mass is 31.1. The lowest BCUT2D eigenvalue weighted by molar-refractivity contribution is -0.141. The first kappa shape index (κ1) is 30.0. The van der Waals surface area contributed by atoms with E-state index in [1.54, 1.807) is 0 Å². The van der Waals surface area contributed by atoms with Gasteiger partial charge in [-0.1, -0.05) is 65.8 Å². The second kappa shape index (κ2) is 11.9. The van der Waals surface area contributed by atoms with Gasteiger partial charge in [0.15, 0.2) is 0 Å². The van der Waals surface area contributed by atoms with Crippen molar-refractivity contribution in [1.29, 1.82) is 0 Å². The van der Waals surface area contributed by atoms with Gasteiger partial charge >= 0.3 is 11.9 Å². The van der Waals surface area contributed by atoms with Crippen LogP contribution in [0, 0.1) is 13.8 Å². The molecular weight excluding hydrogens is 471 g/mol. The van der Waals surface area contributed by atoms with E-state index in [0.29, 0.717) is 25.7 Å². The number of hydrogen-bond donors (Lipinski definition) is 1. The van der Waals surface area contributed by atoms with E-state index in [0.717, 1.165) is 44.0 Å². The summed E-state index contributed by atoms with van der Waals surface area (Å²) in [5.74, 6) is -0.452. The van der Waals surface area contributed by atoms with E-state index in [-0.39, 0.29) is 22.8 Å². The van der Waals surface area contributed by atoms with Gasteiger partial charge in [-0.2, -0.15) is 0 Å². The third-order valence-corrected chi connectivity index (χ3v) is 8.49. The van der Waals surface area contributed by atoms with Crippen molar-refractivity contribution in [2.24, 2.45) is 0 Å². The van der Waals surface area contributed by atoms with Crippen LogP contribution in [-0.2, 0) is 42.7 Å². The van der Waals surface area contributed by atoms with E-state index in [2.05, 4.69) is 79.7 Å². The average molecular weight is 515 g/mol. The van der Waals surface area contributed by atoms with Crippen LogP contribution < -0.4 is 10.6 Å². The van der Waals surface area contributed by atoms with Gasteiger partial charge in [0.2, 0.25) is 0 Å². The van der Waals surface area contributed by atoms with E-state index in [9.17, 15) is 14.5 Å². The molecule has 0 aromatic heterocycles. The van der Waals surface area contributed by atoms with Crippen LogP contribution in [0.25, 0.3) is 0 Å². The fourth-order valence-corrected chi connectivity index (χ4v) is 6.79. The summed E-state index contributed by atoms with van der Waals surface area (Å²) in [6.45, 7) is 17.1. The van der Waals surface area contributed by atoms with Crippen LogP contribution in [0.3, 0.4) is 0 Å². The fraction of sp³-hybridized carbons (Fsp3) is 0.533. The Morgan fingerprint density at radius 1 is 0.722 bits per heavy atom. The average Bonchev–Trinajstić information content (AvgIpc) is 2.78. The Morgan fingerprint density at radius 3 is 1.33 bits per heavy atom. The molecular formula is C30H43O5P. The van der Waals surface area contributed by atoms with Crippen molar-refractivity contribution in [3.8, 4) is 0 Å². The van der Waals surface area contributed by atoms with Gasteiger partial charge in [-0.15, -0.1) is 0 Å². The minimum absolute atomic E-state index is 0.194. The highest BCUT2D eigenvalue weighted by molar-refractivity contribution is 7.68. The molecule has 0 fully saturated rings. The normalized spacial score (nSPS) is 12.1. The molecule has 6 heteroatoms. The molecule has 2 aromatic rings. The van der Waals surface area contributed by atoms with Crippen molar-refractivity contribution in [3.63, 3.8) is 0 Å². The first-order valence-corrected chi connectivity index (χ1v) is 13.8. The summed E-state index contributed by atoms with van der Waals surface area (Å²) in [7, 11) is 1.18. The van der Waals surface area contributed by atoms with Crippen molar-refractivity contribution in [2.45, 2.75) is 91.9 Å². The SMILES string of the molecule is COC(=O)CCc1cc(C)c(P(O)c2c(C)cc(CCC(=O)OC)cc2C(C)(C)C)c(C(C)(C)C)c1. The molecule has 1 N–H and O–H groups in total. The van der Waals surface area contributed by atoms with E-state index in [4.69, 9.17) is 9.47 Å². The van der Waals surface area contributed by atoms with Crippen LogP contribution in [-0.4, -0.2) is 31.1 Å². The number of rotatable bonds is 8. The Balaban J connectivity index is 2.66. The van der Waals surface area contributed by atoms with Gasteiger partial charge in [-0.25, -0.2) is 0 Å². The maximum atomic E-state index is 12.1. The Bertz CT molecular complexity index is 1020.